The van der Waals surface area contributed by atoms with Gasteiger partial charge in [-0.3, -0.25) is 4.79 Å². The summed E-state index contributed by atoms with van der Waals surface area (Å²) >= 11 is 2.07. The number of alkyl halides is 1. The number of hydrogen-bond acceptors (Lipinski definition) is 1. The minimum Gasteiger partial charge on any atom is -0.355 e. The van der Waals surface area contributed by atoms with E-state index >= 15 is 0 Å². The van der Waals surface area contributed by atoms with Crippen LogP contribution in [0.4, 0.5) is 0 Å². The van der Waals surface area contributed by atoms with Gasteiger partial charge in [0.25, 0.3) is 0 Å². The molecule has 0 heterocycles. The Balaban J connectivity index is 0. The molecule has 0 fully saturated rings. The van der Waals surface area contributed by atoms with Gasteiger partial charge >= 0.3 is 0 Å². The number of carbonyl (C=O) groups is 1. The smallest absolute Gasteiger partial charge is 0.229 e. The van der Waals surface area contributed by atoms with E-state index in [-0.39, 0.29) is 13.3 Å². The molecule has 1 amide bonds. The molecule has 0 spiro atoms. The Labute approximate surface area is 89.6 Å². The summed E-state index contributed by atoms with van der Waals surface area (Å²) in [5.41, 5.74) is 0. The van der Waals surface area contributed by atoms with Gasteiger partial charge in [-0.1, -0.05) is 56.2 Å². The lowest BCUT2D eigenvalue weighted by Crippen LogP contribution is -2.24. The molecule has 0 aliphatic carbocycles. The van der Waals surface area contributed by atoms with E-state index in [4.69, 9.17) is 0 Å². The molecule has 1 N–H and O–H groups in total. The van der Waals surface area contributed by atoms with Crippen LogP contribution in [0.3, 0.4) is 0 Å². The average Bonchev–Trinajstić information content (AvgIpc) is 2.04. The zero-order valence-electron chi connectivity index (χ0n) is 7.03. The van der Waals surface area contributed by atoms with Crippen molar-refractivity contribution in [1.29, 1.82) is 0 Å². The fourth-order valence-electron chi connectivity index (χ4n) is 0.827. The summed E-state index contributed by atoms with van der Waals surface area (Å²) < 4.78 is 0.575. The molecule has 2 nitrogen and oxygen atoms in total. The normalized spacial score (nSPS) is 8.83. The lowest BCUT2D eigenvalue weighted by molar-refractivity contribution is -0.118. The summed E-state index contributed by atoms with van der Waals surface area (Å²) in [6.07, 6.45) is 4.88. The third-order valence-electron chi connectivity index (χ3n) is 1.47. The Morgan fingerprint density at radius 1 is 1.33 bits per heavy atom. The molecule has 0 saturated carbocycles. The van der Waals surface area contributed by atoms with Crippen molar-refractivity contribution < 1.29 is 4.79 Å². The van der Waals surface area contributed by atoms with Crippen molar-refractivity contribution in [2.24, 2.45) is 0 Å². The molecule has 0 rings (SSSR count). The molecule has 0 aliphatic heterocycles. The van der Waals surface area contributed by atoms with Crippen LogP contribution in [-0.2, 0) is 4.79 Å². The SMILES string of the molecule is C.CCCCCCNC(=O)CI. The first-order valence-electron chi connectivity index (χ1n) is 4.14. The van der Waals surface area contributed by atoms with Crippen molar-refractivity contribution in [1.82, 2.24) is 5.32 Å². The molecule has 74 valence electrons. The highest BCUT2D eigenvalue weighted by molar-refractivity contribution is 14.1. The van der Waals surface area contributed by atoms with Crippen molar-refractivity contribution in [2.75, 3.05) is 11.0 Å². The van der Waals surface area contributed by atoms with E-state index in [1.54, 1.807) is 0 Å². The molecule has 0 bridgehead atoms. The second-order valence-corrected chi connectivity index (χ2v) is 3.31. The number of unbranched alkanes of at least 4 members (excludes halogenated alkanes) is 3. The van der Waals surface area contributed by atoms with E-state index in [1.165, 1.54) is 19.3 Å². The van der Waals surface area contributed by atoms with Crippen LogP contribution < -0.4 is 5.32 Å². The van der Waals surface area contributed by atoms with E-state index in [2.05, 4.69) is 34.8 Å². The summed E-state index contributed by atoms with van der Waals surface area (Å²) in [4.78, 5) is 10.7. The van der Waals surface area contributed by atoms with Crippen LogP contribution in [0.15, 0.2) is 0 Å². The minimum absolute atomic E-state index is 0. The number of rotatable bonds is 6. The van der Waals surface area contributed by atoms with Crippen LogP contribution in [0.2, 0.25) is 0 Å². The standard InChI is InChI=1S/C8H16INO.CH4/c1-2-3-4-5-6-10-8(11)7-9;/h2-7H2,1H3,(H,10,11);1H4. The maximum Gasteiger partial charge on any atom is 0.229 e. The highest BCUT2D eigenvalue weighted by Gasteiger charge is 1.94. The summed E-state index contributed by atoms with van der Waals surface area (Å²) in [7, 11) is 0. The molecular formula is C9H20INO. The van der Waals surface area contributed by atoms with E-state index in [1.807, 2.05) is 0 Å². The lowest BCUT2D eigenvalue weighted by Gasteiger charge is -2.01. The first-order valence-corrected chi connectivity index (χ1v) is 5.66. The van der Waals surface area contributed by atoms with Gasteiger partial charge in [0, 0.05) is 6.54 Å². The molecule has 0 aromatic carbocycles. The molecule has 3 heteroatoms. The Morgan fingerprint density at radius 3 is 2.50 bits per heavy atom. The van der Waals surface area contributed by atoms with E-state index in [0.29, 0.717) is 4.43 Å². The number of hydrogen-bond donors (Lipinski definition) is 1. The van der Waals surface area contributed by atoms with Gasteiger partial charge in [-0.15, -0.1) is 0 Å². The maximum atomic E-state index is 10.7. The number of carbonyl (C=O) groups excluding carboxylic acids is 1. The maximum absolute atomic E-state index is 10.7. The Bertz CT molecular complexity index is 107. The third-order valence-corrected chi connectivity index (χ3v) is 2.17. The fraction of sp³-hybridized carbons (Fsp3) is 0.889. The summed E-state index contributed by atoms with van der Waals surface area (Å²) in [6.45, 7) is 3.03. The van der Waals surface area contributed by atoms with Crippen LogP contribution in [0.1, 0.15) is 40.0 Å². The van der Waals surface area contributed by atoms with Crippen LogP contribution >= 0.6 is 22.6 Å². The fourth-order valence-corrected chi connectivity index (χ4v) is 1.10. The topological polar surface area (TPSA) is 29.1 Å². The zero-order chi connectivity index (χ0) is 8.53. The van der Waals surface area contributed by atoms with Gasteiger partial charge < -0.3 is 5.32 Å². The second-order valence-electron chi connectivity index (χ2n) is 2.54. The quantitative estimate of drug-likeness (QED) is 0.454. The van der Waals surface area contributed by atoms with Gasteiger partial charge in [-0.25, -0.2) is 0 Å². The van der Waals surface area contributed by atoms with E-state index < -0.39 is 0 Å². The van der Waals surface area contributed by atoms with Gasteiger partial charge in [-0.2, -0.15) is 0 Å². The molecule has 0 saturated heterocycles. The van der Waals surface area contributed by atoms with E-state index in [0.717, 1.165) is 13.0 Å². The number of nitrogens with one attached hydrogen (secondary N) is 1. The van der Waals surface area contributed by atoms with E-state index in [9.17, 15) is 4.79 Å². The molecule has 0 atom stereocenters. The Morgan fingerprint density at radius 2 is 2.00 bits per heavy atom. The molecule has 0 unspecified atom stereocenters. The Hall–Kier alpha value is 0.200. The predicted octanol–water partition coefficient (Wildman–Crippen LogP) is 2.75. The largest absolute Gasteiger partial charge is 0.355 e. The Kier molecular flexibility index (Phi) is 13.7. The number of halogens is 1. The van der Waals surface area contributed by atoms with Crippen LogP contribution in [-0.4, -0.2) is 16.9 Å². The van der Waals surface area contributed by atoms with Gasteiger partial charge in [0.1, 0.15) is 0 Å². The van der Waals surface area contributed by atoms with Crippen molar-refractivity contribution in [3.05, 3.63) is 0 Å². The van der Waals surface area contributed by atoms with Crippen molar-refractivity contribution in [3.63, 3.8) is 0 Å². The van der Waals surface area contributed by atoms with Crippen LogP contribution in [0.25, 0.3) is 0 Å². The average molecular weight is 285 g/mol. The van der Waals surface area contributed by atoms with Crippen molar-refractivity contribution in [2.45, 2.75) is 40.0 Å². The molecule has 0 radical (unpaired) electrons. The molecule has 0 aliphatic rings. The highest BCUT2D eigenvalue weighted by atomic mass is 127. The molecular weight excluding hydrogens is 265 g/mol. The van der Waals surface area contributed by atoms with Gasteiger partial charge in [0.15, 0.2) is 0 Å². The van der Waals surface area contributed by atoms with Gasteiger partial charge in [0.05, 0.1) is 4.43 Å². The van der Waals surface area contributed by atoms with Crippen LogP contribution in [0.5, 0.6) is 0 Å². The summed E-state index contributed by atoms with van der Waals surface area (Å²) in [5.74, 6) is 0.155. The predicted molar refractivity (Wildman–Crippen MR) is 62.8 cm³/mol. The highest BCUT2D eigenvalue weighted by Crippen LogP contribution is 1.96. The third kappa shape index (κ3) is 10.2. The van der Waals surface area contributed by atoms with Crippen LogP contribution in [0, 0.1) is 0 Å². The zero-order valence-corrected chi connectivity index (χ0v) is 9.19. The van der Waals surface area contributed by atoms with Gasteiger partial charge in [0.2, 0.25) is 5.91 Å². The van der Waals surface area contributed by atoms with Gasteiger partial charge in [-0.05, 0) is 6.42 Å². The summed E-state index contributed by atoms with van der Waals surface area (Å²) in [5, 5.41) is 2.84. The monoisotopic (exact) mass is 285 g/mol. The minimum atomic E-state index is 0. The molecule has 0 aromatic heterocycles. The first-order chi connectivity index (χ1) is 5.31. The van der Waals surface area contributed by atoms with Crippen molar-refractivity contribution >= 4 is 28.5 Å². The first kappa shape index (κ1) is 14.7. The summed E-state index contributed by atoms with van der Waals surface area (Å²) in [6, 6.07) is 0. The molecule has 12 heavy (non-hydrogen) atoms. The number of amides is 1. The van der Waals surface area contributed by atoms with Crippen molar-refractivity contribution in [3.8, 4) is 0 Å². The lowest BCUT2D eigenvalue weighted by atomic mass is 10.2. The molecule has 0 aromatic rings. The second kappa shape index (κ2) is 11.2.